The van der Waals surface area contributed by atoms with Crippen LogP contribution in [0.4, 0.5) is 0 Å². The minimum absolute atomic E-state index is 0.460. The Kier molecular flexibility index (Phi) is 9.25. The fourth-order valence-corrected chi connectivity index (χ4v) is 2.43. The lowest BCUT2D eigenvalue weighted by Crippen LogP contribution is -2.37. The summed E-state index contributed by atoms with van der Waals surface area (Å²) >= 11 is 0. The second kappa shape index (κ2) is 10.9. The average Bonchev–Trinajstić information content (AvgIpc) is 2.85. The molecule has 0 fully saturated rings. The topological polar surface area (TPSA) is 41.3 Å². The standard InChI is InChI=1S/C16H31N3/c1-2-3-4-5-6-7-8-9-10-11-16-18-13-15-19(16)14-12-17/h7-8,13,15-16,18H,2-6,9-12,14,17H2,1H3/b8-7+. The molecule has 0 aromatic heterocycles. The van der Waals surface area contributed by atoms with Crippen LogP contribution < -0.4 is 11.1 Å². The molecule has 0 bridgehead atoms. The number of nitrogens with two attached hydrogens (primary N) is 1. The lowest BCUT2D eigenvalue weighted by Gasteiger charge is -2.24. The van der Waals surface area contributed by atoms with Crippen LogP contribution in [0.15, 0.2) is 24.6 Å². The summed E-state index contributed by atoms with van der Waals surface area (Å²) in [5.74, 6) is 0. The third-order valence-electron chi connectivity index (χ3n) is 3.58. The van der Waals surface area contributed by atoms with Gasteiger partial charge in [0.05, 0.1) is 6.17 Å². The zero-order valence-corrected chi connectivity index (χ0v) is 12.5. The van der Waals surface area contributed by atoms with Crippen molar-refractivity contribution in [2.75, 3.05) is 13.1 Å². The molecular weight excluding hydrogens is 234 g/mol. The first-order valence-corrected chi connectivity index (χ1v) is 7.92. The summed E-state index contributed by atoms with van der Waals surface area (Å²) in [7, 11) is 0. The van der Waals surface area contributed by atoms with E-state index in [1.165, 1.54) is 51.4 Å². The molecule has 0 aliphatic carbocycles. The second-order valence-corrected chi connectivity index (χ2v) is 5.28. The Morgan fingerprint density at radius 1 is 1.16 bits per heavy atom. The van der Waals surface area contributed by atoms with Crippen molar-refractivity contribution in [1.82, 2.24) is 10.2 Å². The molecule has 0 saturated carbocycles. The molecule has 3 heteroatoms. The fraction of sp³-hybridized carbons (Fsp3) is 0.750. The molecule has 0 aromatic rings. The summed E-state index contributed by atoms with van der Waals surface area (Å²) in [5, 5.41) is 3.38. The molecule has 3 nitrogen and oxygen atoms in total. The summed E-state index contributed by atoms with van der Waals surface area (Å²) in [6, 6.07) is 0. The molecule has 0 radical (unpaired) electrons. The Bertz CT molecular complexity index is 261. The Hall–Kier alpha value is -0.960. The second-order valence-electron chi connectivity index (χ2n) is 5.28. The zero-order chi connectivity index (χ0) is 13.8. The fourth-order valence-electron chi connectivity index (χ4n) is 2.43. The summed E-state index contributed by atoms with van der Waals surface area (Å²) < 4.78 is 0. The molecule has 1 aliphatic rings. The monoisotopic (exact) mass is 265 g/mol. The van der Waals surface area contributed by atoms with Gasteiger partial charge in [0.15, 0.2) is 0 Å². The SMILES string of the molecule is CCCCCC/C=C/CCCC1NC=CN1CCN. The van der Waals surface area contributed by atoms with Gasteiger partial charge in [0.1, 0.15) is 0 Å². The number of hydrogen-bond acceptors (Lipinski definition) is 3. The van der Waals surface area contributed by atoms with E-state index >= 15 is 0 Å². The molecule has 19 heavy (non-hydrogen) atoms. The van der Waals surface area contributed by atoms with Gasteiger partial charge in [-0.05, 0) is 32.1 Å². The van der Waals surface area contributed by atoms with Crippen LogP contribution in [-0.4, -0.2) is 24.2 Å². The highest BCUT2D eigenvalue weighted by molar-refractivity contribution is 4.94. The van der Waals surface area contributed by atoms with Crippen molar-refractivity contribution >= 4 is 0 Å². The maximum absolute atomic E-state index is 5.60. The van der Waals surface area contributed by atoms with Crippen molar-refractivity contribution in [3.63, 3.8) is 0 Å². The van der Waals surface area contributed by atoms with Crippen LogP contribution >= 0.6 is 0 Å². The van der Waals surface area contributed by atoms with E-state index in [-0.39, 0.29) is 0 Å². The zero-order valence-electron chi connectivity index (χ0n) is 12.5. The number of hydrogen-bond donors (Lipinski definition) is 2. The van der Waals surface area contributed by atoms with Crippen molar-refractivity contribution in [3.05, 3.63) is 24.6 Å². The molecular formula is C16H31N3. The molecule has 1 atom stereocenters. The third kappa shape index (κ3) is 7.26. The predicted octanol–water partition coefficient (Wildman–Crippen LogP) is 3.34. The van der Waals surface area contributed by atoms with E-state index < -0.39 is 0 Å². The number of unbranched alkanes of at least 4 members (excludes halogenated alkanes) is 5. The average molecular weight is 265 g/mol. The summed E-state index contributed by atoms with van der Waals surface area (Å²) in [4.78, 5) is 2.30. The molecule has 1 aliphatic heterocycles. The molecule has 0 saturated heterocycles. The van der Waals surface area contributed by atoms with Gasteiger partial charge < -0.3 is 16.0 Å². The van der Waals surface area contributed by atoms with Gasteiger partial charge in [-0.1, -0.05) is 38.3 Å². The van der Waals surface area contributed by atoms with Gasteiger partial charge in [0, 0.05) is 25.5 Å². The summed E-state index contributed by atoms with van der Waals surface area (Å²) in [6.07, 6.45) is 19.6. The van der Waals surface area contributed by atoms with Crippen LogP contribution in [0, 0.1) is 0 Å². The van der Waals surface area contributed by atoms with Crippen LogP contribution in [0.1, 0.15) is 58.3 Å². The van der Waals surface area contributed by atoms with Crippen molar-refractivity contribution < 1.29 is 0 Å². The van der Waals surface area contributed by atoms with Crippen molar-refractivity contribution in [1.29, 1.82) is 0 Å². The van der Waals surface area contributed by atoms with E-state index in [9.17, 15) is 0 Å². The van der Waals surface area contributed by atoms with E-state index in [1.54, 1.807) is 0 Å². The molecule has 1 rings (SSSR count). The van der Waals surface area contributed by atoms with Gasteiger partial charge in [-0.25, -0.2) is 0 Å². The van der Waals surface area contributed by atoms with Crippen molar-refractivity contribution in [3.8, 4) is 0 Å². The van der Waals surface area contributed by atoms with Gasteiger partial charge in [0.25, 0.3) is 0 Å². The molecule has 0 amide bonds. The first-order chi connectivity index (χ1) is 9.38. The van der Waals surface area contributed by atoms with Crippen LogP contribution in [0.2, 0.25) is 0 Å². The number of nitrogens with one attached hydrogen (secondary N) is 1. The molecule has 0 aromatic carbocycles. The quantitative estimate of drug-likeness (QED) is 0.445. The summed E-state index contributed by atoms with van der Waals surface area (Å²) in [6.45, 7) is 3.93. The minimum Gasteiger partial charge on any atom is -0.370 e. The van der Waals surface area contributed by atoms with Crippen LogP contribution in [0.3, 0.4) is 0 Å². The van der Waals surface area contributed by atoms with Crippen LogP contribution in [-0.2, 0) is 0 Å². The van der Waals surface area contributed by atoms with E-state index in [1.807, 2.05) is 6.20 Å². The normalized spacial score (nSPS) is 18.4. The largest absolute Gasteiger partial charge is 0.370 e. The molecule has 1 unspecified atom stereocenters. The smallest absolute Gasteiger partial charge is 0.0981 e. The Morgan fingerprint density at radius 2 is 1.95 bits per heavy atom. The highest BCUT2D eigenvalue weighted by atomic mass is 15.3. The molecule has 0 spiro atoms. The van der Waals surface area contributed by atoms with Gasteiger partial charge in [-0.3, -0.25) is 0 Å². The highest BCUT2D eigenvalue weighted by Gasteiger charge is 2.16. The Labute approximate surface area is 118 Å². The molecule has 1 heterocycles. The number of nitrogens with zero attached hydrogens (tertiary/aromatic N) is 1. The number of rotatable bonds is 11. The first kappa shape index (κ1) is 16.1. The van der Waals surface area contributed by atoms with Gasteiger partial charge >= 0.3 is 0 Å². The van der Waals surface area contributed by atoms with Gasteiger partial charge in [-0.2, -0.15) is 0 Å². The summed E-state index contributed by atoms with van der Waals surface area (Å²) in [5.41, 5.74) is 5.60. The highest BCUT2D eigenvalue weighted by Crippen LogP contribution is 2.11. The maximum atomic E-state index is 5.60. The van der Waals surface area contributed by atoms with Crippen molar-refractivity contribution in [2.45, 2.75) is 64.5 Å². The lowest BCUT2D eigenvalue weighted by atomic mass is 10.1. The molecule has 3 N–H and O–H groups in total. The van der Waals surface area contributed by atoms with Gasteiger partial charge in [-0.15, -0.1) is 0 Å². The van der Waals surface area contributed by atoms with E-state index in [0.717, 1.165) is 13.1 Å². The lowest BCUT2D eigenvalue weighted by molar-refractivity contribution is 0.267. The van der Waals surface area contributed by atoms with Gasteiger partial charge in [0.2, 0.25) is 0 Å². The first-order valence-electron chi connectivity index (χ1n) is 7.92. The van der Waals surface area contributed by atoms with E-state index in [4.69, 9.17) is 5.73 Å². The van der Waals surface area contributed by atoms with Crippen LogP contribution in [0.25, 0.3) is 0 Å². The van der Waals surface area contributed by atoms with Crippen molar-refractivity contribution in [2.24, 2.45) is 5.73 Å². The minimum atomic E-state index is 0.460. The Balaban J connectivity index is 1.97. The third-order valence-corrected chi connectivity index (χ3v) is 3.58. The number of allylic oxidation sites excluding steroid dienone is 2. The van der Waals surface area contributed by atoms with E-state index in [0.29, 0.717) is 6.17 Å². The molecule has 110 valence electrons. The van der Waals surface area contributed by atoms with Crippen LogP contribution in [0.5, 0.6) is 0 Å². The Morgan fingerprint density at radius 3 is 2.68 bits per heavy atom. The maximum Gasteiger partial charge on any atom is 0.0981 e. The predicted molar refractivity (Wildman–Crippen MR) is 83.6 cm³/mol. The van der Waals surface area contributed by atoms with E-state index in [2.05, 4.69) is 35.5 Å².